The highest BCUT2D eigenvalue weighted by Gasteiger charge is 2.36. The molecule has 0 aliphatic rings. The number of aliphatic carboxylic acids is 1. The van der Waals surface area contributed by atoms with Gasteiger partial charge in [-0.05, 0) is 36.6 Å². The number of methoxy groups -OCH3 is 1. The van der Waals surface area contributed by atoms with Crippen molar-refractivity contribution in [1.82, 2.24) is 0 Å². The third-order valence-electron chi connectivity index (χ3n) is 2.74. The molecule has 0 amide bonds. The minimum absolute atomic E-state index is 0.119. The summed E-state index contributed by atoms with van der Waals surface area (Å²) in [5.74, 6) is -0.563. The van der Waals surface area contributed by atoms with Gasteiger partial charge in [0.2, 0.25) is 0 Å². The molecule has 2 N–H and O–H groups in total. The van der Waals surface area contributed by atoms with Crippen LogP contribution < -0.4 is 4.74 Å². The van der Waals surface area contributed by atoms with Gasteiger partial charge in [-0.3, -0.25) is 0 Å². The molecule has 4 nitrogen and oxygen atoms in total. The Labute approximate surface area is 94.5 Å². The Morgan fingerprint density at radius 2 is 2.12 bits per heavy atom. The predicted molar refractivity (Wildman–Crippen MR) is 59.6 cm³/mol. The van der Waals surface area contributed by atoms with Gasteiger partial charge >= 0.3 is 5.97 Å². The lowest BCUT2D eigenvalue weighted by Gasteiger charge is -2.22. The van der Waals surface area contributed by atoms with Crippen LogP contribution >= 0.6 is 0 Å². The summed E-state index contributed by atoms with van der Waals surface area (Å²) < 4.78 is 5.08. The number of hydrogen-bond acceptors (Lipinski definition) is 3. The van der Waals surface area contributed by atoms with E-state index in [1.807, 2.05) is 0 Å². The summed E-state index contributed by atoms with van der Waals surface area (Å²) in [4.78, 5) is 11.0. The van der Waals surface area contributed by atoms with Gasteiger partial charge in [0, 0.05) is 0 Å². The average molecular weight is 224 g/mol. The highest BCUT2D eigenvalue weighted by molar-refractivity contribution is 5.79. The number of benzene rings is 1. The molecule has 0 fully saturated rings. The minimum Gasteiger partial charge on any atom is -0.496 e. The molecule has 1 rings (SSSR count). The largest absolute Gasteiger partial charge is 0.496 e. The summed E-state index contributed by atoms with van der Waals surface area (Å²) in [6.07, 6.45) is 0.119. The van der Waals surface area contributed by atoms with E-state index in [0.29, 0.717) is 11.3 Å². The van der Waals surface area contributed by atoms with Crippen LogP contribution in [0.3, 0.4) is 0 Å². The van der Waals surface area contributed by atoms with Crippen LogP contribution in [-0.2, 0) is 10.4 Å². The fourth-order valence-corrected chi connectivity index (χ4v) is 1.61. The average Bonchev–Trinajstić information content (AvgIpc) is 2.27. The number of carboxylic acid groups (broad SMARTS) is 1. The molecule has 1 atom stereocenters. The van der Waals surface area contributed by atoms with Crippen LogP contribution in [-0.4, -0.2) is 23.3 Å². The first kappa shape index (κ1) is 12.5. The van der Waals surface area contributed by atoms with E-state index in [1.54, 1.807) is 39.2 Å². The highest BCUT2D eigenvalue weighted by Crippen LogP contribution is 2.29. The molecule has 1 aromatic rings. The van der Waals surface area contributed by atoms with E-state index in [9.17, 15) is 9.90 Å². The van der Waals surface area contributed by atoms with E-state index in [4.69, 9.17) is 9.84 Å². The lowest BCUT2D eigenvalue weighted by molar-refractivity contribution is -0.160. The molecule has 16 heavy (non-hydrogen) atoms. The standard InChI is InChI=1S/C12H16O4/c1-4-12(15,11(13)14)9-5-6-10(16-3)8(2)7-9/h5-7,15H,4H2,1-3H3,(H,13,14). The Morgan fingerprint density at radius 3 is 2.50 bits per heavy atom. The third-order valence-corrected chi connectivity index (χ3v) is 2.74. The number of aryl methyl sites for hydroxylation is 1. The molecular weight excluding hydrogens is 208 g/mol. The van der Waals surface area contributed by atoms with Crippen molar-refractivity contribution < 1.29 is 19.7 Å². The predicted octanol–water partition coefficient (Wildman–Crippen LogP) is 1.69. The molecule has 0 heterocycles. The van der Waals surface area contributed by atoms with Gasteiger partial charge < -0.3 is 14.9 Å². The van der Waals surface area contributed by atoms with E-state index < -0.39 is 11.6 Å². The Balaban J connectivity index is 3.23. The highest BCUT2D eigenvalue weighted by atomic mass is 16.5. The summed E-state index contributed by atoms with van der Waals surface area (Å²) in [6, 6.07) is 4.87. The van der Waals surface area contributed by atoms with E-state index >= 15 is 0 Å². The Kier molecular flexibility index (Phi) is 3.55. The molecule has 0 aliphatic carbocycles. The molecule has 1 unspecified atom stereocenters. The molecule has 4 heteroatoms. The molecule has 0 bridgehead atoms. The summed E-state index contributed by atoms with van der Waals surface area (Å²) in [5.41, 5.74) is -0.647. The van der Waals surface area contributed by atoms with Crippen molar-refractivity contribution >= 4 is 5.97 Å². The lowest BCUT2D eigenvalue weighted by Crippen LogP contribution is -2.34. The number of carboxylic acids is 1. The molecule has 88 valence electrons. The molecule has 0 aliphatic heterocycles. The Bertz CT molecular complexity index is 400. The molecule has 1 aromatic carbocycles. The maximum atomic E-state index is 11.0. The topological polar surface area (TPSA) is 66.8 Å². The zero-order valence-corrected chi connectivity index (χ0v) is 9.65. The van der Waals surface area contributed by atoms with E-state index in [1.165, 1.54) is 0 Å². The number of aliphatic hydroxyl groups is 1. The van der Waals surface area contributed by atoms with Crippen LogP contribution in [0.25, 0.3) is 0 Å². The summed E-state index contributed by atoms with van der Waals surface area (Å²) in [7, 11) is 1.55. The van der Waals surface area contributed by atoms with E-state index in [0.717, 1.165) is 5.56 Å². The Morgan fingerprint density at radius 1 is 1.50 bits per heavy atom. The lowest BCUT2D eigenvalue weighted by atomic mass is 9.90. The molecule has 0 radical (unpaired) electrons. The number of hydrogen-bond donors (Lipinski definition) is 2. The van der Waals surface area contributed by atoms with Crippen molar-refractivity contribution in [2.24, 2.45) is 0 Å². The molecule has 0 aromatic heterocycles. The maximum absolute atomic E-state index is 11.0. The van der Waals surface area contributed by atoms with Crippen molar-refractivity contribution in [3.63, 3.8) is 0 Å². The Hall–Kier alpha value is -1.55. The molecular formula is C12H16O4. The second-order valence-corrected chi connectivity index (χ2v) is 3.70. The quantitative estimate of drug-likeness (QED) is 0.816. The van der Waals surface area contributed by atoms with Crippen molar-refractivity contribution in [2.45, 2.75) is 25.9 Å². The monoisotopic (exact) mass is 224 g/mol. The van der Waals surface area contributed by atoms with E-state index in [2.05, 4.69) is 0 Å². The summed E-state index contributed by atoms with van der Waals surface area (Å²) in [6.45, 7) is 3.44. The zero-order chi connectivity index (χ0) is 12.3. The number of carbonyl (C=O) groups is 1. The van der Waals surface area contributed by atoms with Crippen molar-refractivity contribution in [2.75, 3.05) is 7.11 Å². The fraction of sp³-hybridized carbons (Fsp3) is 0.417. The fourth-order valence-electron chi connectivity index (χ4n) is 1.61. The molecule has 0 saturated heterocycles. The third kappa shape index (κ3) is 2.02. The van der Waals surface area contributed by atoms with Crippen LogP contribution in [0.4, 0.5) is 0 Å². The maximum Gasteiger partial charge on any atom is 0.340 e. The van der Waals surface area contributed by atoms with Crippen LogP contribution in [0.2, 0.25) is 0 Å². The van der Waals surface area contributed by atoms with Gasteiger partial charge in [-0.1, -0.05) is 13.0 Å². The second-order valence-electron chi connectivity index (χ2n) is 3.70. The van der Waals surface area contributed by atoms with Crippen molar-refractivity contribution in [3.05, 3.63) is 29.3 Å². The second kappa shape index (κ2) is 4.53. The normalized spacial score (nSPS) is 14.2. The first-order chi connectivity index (χ1) is 7.45. The number of rotatable bonds is 4. The molecule has 0 spiro atoms. The van der Waals surface area contributed by atoms with Crippen LogP contribution in [0.15, 0.2) is 18.2 Å². The van der Waals surface area contributed by atoms with Gasteiger partial charge in [-0.2, -0.15) is 0 Å². The van der Waals surface area contributed by atoms with E-state index in [-0.39, 0.29) is 6.42 Å². The van der Waals surface area contributed by atoms with Gasteiger partial charge in [0.05, 0.1) is 7.11 Å². The van der Waals surface area contributed by atoms with Gasteiger partial charge in [-0.25, -0.2) is 4.79 Å². The first-order valence-corrected chi connectivity index (χ1v) is 5.06. The summed E-state index contributed by atoms with van der Waals surface area (Å²) in [5, 5.41) is 19.0. The molecule has 0 saturated carbocycles. The SMILES string of the molecule is CCC(O)(C(=O)O)c1ccc(OC)c(C)c1. The first-order valence-electron chi connectivity index (χ1n) is 5.06. The number of ether oxygens (including phenoxy) is 1. The smallest absolute Gasteiger partial charge is 0.340 e. The minimum atomic E-state index is -1.82. The van der Waals surface area contributed by atoms with Crippen LogP contribution in [0, 0.1) is 6.92 Å². The summed E-state index contributed by atoms with van der Waals surface area (Å²) >= 11 is 0. The van der Waals surface area contributed by atoms with Gasteiger partial charge in [0.15, 0.2) is 5.60 Å². The van der Waals surface area contributed by atoms with Crippen molar-refractivity contribution in [3.8, 4) is 5.75 Å². The van der Waals surface area contributed by atoms with Crippen LogP contribution in [0.5, 0.6) is 5.75 Å². The van der Waals surface area contributed by atoms with Gasteiger partial charge in [-0.15, -0.1) is 0 Å². The zero-order valence-electron chi connectivity index (χ0n) is 9.65. The van der Waals surface area contributed by atoms with Crippen LogP contribution in [0.1, 0.15) is 24.5 Å². The van der Waals surface area contributed by atoms with Gasteiger partial charge in [0.1, 0.15) is 5.75 Å². The van der Waals surface area contributed by atoms with Crippen molar-refractivity contribution in [1.29, 1.82) is 0 Å². The van der Waals surface area contributed by atoms with Gasteiger partial charge in [0.25, 0.3) is 0 Å².